The molecule has 3 N–H and O–H groups in total. The van der Waals surface area contributed by atoms with Crippen molar-refractivity contribution < 1.29 is 24.8 Å². The molecule has 4 atom stereocenters. The lowest BCUT2D eigenvalue weighted by atomic mass is 9.91. The largest absolute Gasteiger partial charge is 0.459 e. The standard InChI is InChI=1S/C14H18O5/c15-6-5-10-7-11(16)13(17)14(18-10)8-9-3-1-2-4-12(9)19-14/h1-4,10-11,13,15-17H,5-8H2/t10-,11-,13+,14+/m1/s1. The zero-order chi connectivity index (χ0) is 13.5. The maximum absolute atomic E-state index is 10.2. The molecule has 5 nitrogen and oxygen atoms in total. The van der Waals surface area contributed by atoms with Crippen molar-refractivity contribution in [2.24, 2.45) is 0 Å². The predicted octanol–water partition coefficient (Wildman–Crippen LogP) is 0.211. The molecule has 0 bridgehead atoms. The zero-order valence-electron chi connectivity index (χ0n) is 10.5. The third-order valence-corrected chi connectivity index (χ3v) is 3.83. The average Bonchev–Trinajstić information content (AvgIpc) is 2.75. The summed E-state index contributed by atoms with van der Waals surface area (Å²) in [5, 5.41) is 29.2. The van der Waals surface area contributed by atoms with Crippen LogP contribution in [0.2, 0.25) is 0 Å². The van der Waals surface area contributed by atoms with E-state index in [9.17, 15) is 10.2 Å². The third kappa shape index (κ3) is 2.12. The molecule has 1 saturated heterocycles. The van der Waals surface area contributed by atoms with E-state index in [-0.39, 0.29) is 12.7 Å². The van der Waals surface area contributed by atoms with Crippen LogP contribution in [0.25, 0.3) is 0 Å². The van der Waals surface area contributed by atoms with Gasteiger partial charge in [-0.3, -0.25) is 0 Å². The second kappa shape index (κ2) is 4.76. The number of benzene rings is 1. The maximum atomic E-state index is 10.2. The summed E-state index contributed by atoms with van der Waals surface area (Å²) in [7, 11) is 0. The summed E-state index contributed by atoms with van der Waals surface area (Å²) in [5.41, 5.74) is 0.957. The summed E-state index contributed by atoms with van der Waals surface area (Å²) < 4.78 is 11.6. The number of hydrogen-bond donors (Lipinski definition) is 3. The van der Waals surface area contributed by atoms with E-state index in [4.69, 9.17) is 14.6 Å². The van der Waals surface area contributed by atoms with Gasteiger partial charge in [0, 0.05) is 25.0 Å². The van der Waals surface area contributed by atoms with E-state index >= 15 is 0 Å². The van der Waals surface area contributed by atoms with Crippen molar-refractivity contribution in [1.82, 2.24) is 0 Å². The topological polar surface area (TPSA) is 79.2 Å². The Hall–Kier alpha value is -1.14. The molecule has 2 aliphatic rings. The van der Waals surface area contributed by atoms with E-state index in [1.165, 1.54) is 0 Å². The summed E-state index contributed by atoms with van der Waals surface area (Å²) in [4.78, 5) is 0. The fourth-order valence-corrected chi connectivity index (χ4v) is 2.88. The van der Waals surface area contributed by atoms with Gasteiger partial charge >= 0.3 is 0 Å². The lowest BCUT2D eigenvalue weighted by Crippen LogP contribution is -2.60. The number of para-hydroxylation sites is 1. The molecule has 1 aromatic rings. The molecule has 3 rings (SSSR count). The molecule has 104 valence electrons. The highest BCUT2D eigenvalue weighted by molar-refractivity contribution is 5.39. The Kier molecular flexibility index (Phi) is 3.22. The van der Waals surface area contributed by atoms with Gasteiger partial charge in [0.15, 0.2) is 0 Å². The summed E-state index contributed by atoms with van der Waals surface area (Å²) >= 11 is 0. The van der Waals surface area contributed by atoms with E-state index < -0.39 is 18.0 Å². The Balaban J connectivity index is 1.87. The highest BCUT2D eigenvalue weighted by atomic mass is 16.7. The van der Waals surface area contributed by atoms with Gasteiger partial charge in [-0.2, -0.15) is 0 Å². The molecule has 1 spiro atoms. The normalized spacial score (nSPS) is 37.1. The van der Waals surface area contributed by atoms with Crippen molar-refractivity contribution in [2.45, 2.75) is 43.4 Å². The lowest BCUT2D eigenvalue weighted by molar-refractivity contribution is -0.301. The van der Waals surface area contributed by atoms with Crippen molar-refractivity contribution in [2.75, 3.05) is 6.61 Å². The van der Waals surface area contributed by atoms with Crippen LogP contribution in [0, 0.1) is 0 Å². The first-order valence-corrected chi connectivity index (χ1v) is 6.56. The molecule has 5 heteroatoms. The number of aliphatic hydroxyl groups is 3. The molecule has 0 radical (unpaired) electrons. The van der Waals surface area contributed by atoms with Crippen molar-refractivity contribution in [3.63, 3.8) is 0 Å². The van der Waals surface area contributed by atoms with Crippen molar-refractivity contribution >= 4 is 0 Å². The van der Waals surface area contributed by atoms with Crippen LogP contribution in [0.5, 0.6) is 5.75 Å². The van der Waals surface area contributed by atoms with Crippen LogP contribution in [0.1, 0.15) is 18.4 Å². The highest BCUT2D eigenvalue weighted by Crippen LogP contribution is 2.42. The van der Waals surface area contributed by atoms with Gasteiger partial charge < -0.3 is 24.8 Å². The van der Waals surface area contributed by atoms with E-state index in [0.717, 1.165) is 5.56 Å². The molecule has 0 unspecified atom stereocenters. The fourth-order valence-electron chi connectivity index (χ4n) is 2.88. The molecular weight excluding hydrogens is 248 g/mol. The molecule has 0 aromatic heterocycles. The van der Waals surface area contributed by atoms with Crippen LogP contribution >= 0.6 is 0 Å². The molecule has 0 aliphatic carbocycles. The van der Waals surface area contributed by atoms with Crippen LogP contribution < -0.4 is 4.74 Å². The summed E-state index contributed by atoms with van der Waals surface area (Å²) in [5.74, 6) is -0.542. The summed E-state index contributed by atoms with van der Waals surface area (Å²) in [6.45, 7) is -0.0174. The minimum Gasteiger partial charge on any atom is -0.459 e. The Labute approximate surface area is 111 Å². The lowest BCUT2D eigenvalue weighted by Gasteiger charge is -2.43. The van der Waals surface area contributed by atoms with Gasteiger partial charge in [0.2, 0.25) is 5.79 Å². The maximum Gasteiger partial charge on any atom is 0.243 e. The smallest absolute Gasteiger partial charge is 0.243 e. The van der Waals surface area contributed by atoms with E-state index in [1.54, 1.807) is 0 Å². The number of aliphatic hydroxyl groups excluding tert-OH is 3. The summed E-state index contributed by atoms with van der Waals surface area (Å²) in [6, 6.07) is 7.50. The third-order valence-electron chi connectivity index (χ3n) is 3.83. The molecule has 0 amide bonds. The van der Waals surface area contributed by atoms with E-state index in [2.05, 4.69) is 0 Å². The number of rotatable bonds is 2. The summed E-state index contributed by atoms with van der Waals surface area (Å²) in [6.07, 6.45) is -1.16. The Morgan fingerprint density at radius 3 is 2.79 bits per heavy atom. The molecule has 2 heterocycles. The van der Waals surface area contributed by atoms with Gasteiger partial charge in [-0.1, -0.05) is 18.2 Å². The van der Waals surface area contributed by atoms with Gasteiger partial charge in [-0.15, -0.1) is 0 Å². The minimum absolute atomic E-state index is 0.0174. The van der Waals surface area contributed by atoms with Crippen LogP contribution in [0.3, 0.4) is 0 Å². The second-order valence-corrected chi connectivity index (χ2v) is 5.20. The predicted molar refractivity (Wildman–Crippen MR) is 66.7 cm³/mol. The second-order valence-electron chi connectivity index (χ2n) is 5.20. The first-order valence-electron chi connectivity index (χ1n) is 6.56. The number of ether oxygens (including phenoxy) is 2. The van der Waals surface area contributed by atoms with E-state index in [0.29, 0.717) is 25.0 Å². The number of hydrogen-bond acceptors (Lipinski definition) is 5. The quantitative estimate of drug-likeness (QED) is 0.713. The molecule has 1 fully saturated rings. The monoisotopic (exact) mass is 266 g/mol. The van der Waals surface area contributed by atoms with Crippen LogP contribution in [0.4, 0.5) is 0 Å². The Morgan fingerprint density at radius 2 is 2.05 bits per heavy atom. The first kappa shape index (κ1) is 12.9. The zero-order valence-corrected chi connectivity index (χ0v) is 10.5. The first-order chi connectivity index (χ1) is 9.14. The Bertz CT molecular complexity index is 436. The molecule has 19 heavy (non-hydrogen) atoms. The average molecular weight is 266 g/mol. The van der Waals surface area contributed by atoms with E-state index in [1.807, 2.05) is 24.3 Å². The Morgan fingerprint density at radius 1 is 1.26 bits per heavy atom. The van der Waals surface area contributed by atoms with Gasteiger partial charge in [-0.25, -0.2) is 0 Å². The van der Waals surface area contributed by atoms with Gasteiger partial charge in [0.25, 0.3) is 0 Å². The van der Waals surface area contributed by atoms with Crippen LogP contribution in [-0.4, -0.2) is 46.0 Å². The van der Waals surface area contributed by atoms with Gasteiger partial charge in [0.1, 0.15) is 11.9 Å². The molecular formula is C14H18O5. The van der Waals surface area contributed by atoms with Crippen molar-refractivity contribution in [1.29, 1.82) is 0 Å². The fraction of sp³-hybridized carbons (Fsp3) is 0.571. The SMILES string of the molecule is OCC[C@@H]1C[C@@H](O)[C@H](O)[C@@]2(Cc3ccccc3O2)O1. The van der Waals surface area contributed by atoms with Crippen LogP contribution in [-0.2, 0) is 11.2 Å². The molecule has 2 aliphatic heterocycles. The van der Waals surface area contributed by atoms with Crippen molar-refractivity contribution in [3.8, 4) is 5.75 Å². The molecule has 0 saturated carbocycles. The van der Waals surface area contributed by atoms with Crippen molar-refractivity contribution in [3.05, 3.63) is 29.8 Å². The minimum atomic E-state index is -1.22. The number of fused-ring (bicyclic) bond motifs is 1. The van der Waals surface area contributed by atoms with Gasteiger partial charge in [-0.05, 0) is 12.5 Å². The highest BCUT2D eigenvalue weighted by Gasteiger charge is 2.54. The molecule has 1 aromatic carbocycles. The van der Waals surface area contributed by atoms with Gasteiger partial charge in [0.05, 0.1) is 12.2 Å². The van der Waals surface area contributed by atoms with Crippen LogP contribution in [0.15, 0.2) is 24.3 Å².